The second kappa shape index (κ2) is 9.83. The van der Waals surface area contributed by atoms with Crippen LogP contribution in [0.5, 0.6) is 5.75 Å². The van der Waals surface area contributed by atoms with Gasteiger partial charge in [-0.2, -0.15) is 0 Å². The summed E-state index contributed by atoms with van der Waals surface area (Å²) in [4.78, 5) is 4.72. The van der Waals surface area contributed by atoms with Crippen molar-refractivity contribution >= 4 is 46.3 Å². The van der Waals surface area contributed by atoms with Gasteiger partial charge in [0.25, 0.3) is 0 Å². The van der Waals surface area contributed by atoms with Gasteiger partial charge in [-0.15, -0.1) is 21.5 Å². The van der Waals surface area contributed by atoms with Crippen molar-refractivity contribution < 1.29 is 4.74 Å². The monoisotopic (exact) mass is 476 g/mol. The summed E-state index contributed by atoms with van der Waals surface area (Å²) < 4.78 is 7.86. The lowest BCUT2D eigenvalue weighted by atomic mass is 10.2. The zero-order valence-electron chi connectivity index (χ0n) is 16.1. The first-order chi connectivity index (χ1) is 14.7. The predicted octanol–water partition coefficient (Wildman–Crippen LogP) is 6.60. The first kappa shape index (κ1) is 21.2. The highest BCUT2D eigenvalue weighted by atomic mass is 35.5. The summed E-state index contributed by atoms with van der Waals surface area (Å²) in [6.45, 7) is 3.11. The minimum absolute atomic E-state index is 0.304. The average Bonchev–Trinajstić information content (AvgIpc) is 3.38. The summed E-state index contributed by atoms with van der Waals surface area (Å²) in [6, 6.07) is 15.1. The summed E-state index contributed by atoms with van der Waals surface area (Å²) in [6.07, 6.45) is 0. The van der Waals surface area contributed by atoms with Gasteiger partial charge < -0.3 is 9.30 Å². The van der Waals surface area contributed by atoms with Crippen LogP contribution in [0.25, 0.3) is 10.6 Å². The van der Waals surface area contributed by atoms with Crippen molar-refractivity contribution in [1.82, 2.24) is 19.7 Å². The van der Waals surface area contributed by atoms with Gasteiger partial charge in [-0.05, 0) is 25.1 Å². The van der Waals surface area contributed by atoms with Gasteiger partial charge >= 0.3 is 0 Å². The van der Waals surface area contributed by atoms with E-state index in [2.05, 4.69) is 22.5 Å². The number of nitrogens with zero attached hydrogens (tertiary/aromatic N) is 4. The molecule has 4 aromatic rings. The van der Waals surface area contributed by atoms with Gasteiger partial charge in [0.2, 0.25) is 0 Å². The SMILES string of the molecule is CCn1c(COc2ccccc2Cl)nnc1SCc1csc(-c2ccccc2Cl)n1. The zero-order valence-corrected chi connectivity index (χ0v) is 19.2. The van der Waals surface area contributed by atoms with Crippen LogP contribution in [0.3, 0.4) is 0 Å². The second-order valence-electron chi connectivity index (χ2n) is 6.27. The summed E-state index contributed by atoms with van der Waals surface area (Å²) in [5.41, 5.74) is 1.94. The predicted molar refractivity (Wildman–Crippen MR) is 124 cm³/mol. The maximum atomic E-state index is 6.29. The number of hydrogen-bond acceptors (Lipinski definition) is 6. The highest BCUT2D eigenvalue weighted by molar-refractivity contribution is 7.98. The van der Waals surface area contributed by atoms with Gasteiger partial charge in [-0.25, -0.2) is 4.98 Å². The lowest BCUT2D eigenvalue weighted by molar-refractivity contribution is 0.288. The van der Waals surface area contributed by atoms with Crippen molar-refractivity contribution in [2.75, 3.05) is 0 Å². The molecule has 2 aromatic heterocycles. The van der Waals surface area contributed by atoms with Crippen LogP contribution in [0.15, 0.2) is 59.1 Å². The molecule has 0 bridgehead atoms. The molecule has 0 aliphatic carbocycles. The van der Waals surface area contributed by atoms with Crippen molar-refractivity contribution in [2.45, 2.75) is 31.0 Å². The Hall–Kier alpha value is -2.06. The molecule has 9 heteroatoms. The number of rotatable bonds is 8. The lowest BCUT2D eigenvalue weighted by Crippen LogP contribution is -2.07. The Bertz CT molecular complexity index is 1150. The standard InChI is InChI=1S/C21H18Cl2N4OS2/c1-2-27-19(11-28-18-10-6-5-9-17(18)23)25-26-21(27)30-13-14-12-29-20(24-14)15-7-3-4-8-16(15)22/h3-10,12H,2,11,13H2,1H3. The number of ether oxygens (including phenoxy) is 1. The van der Waals surface area contributed by atoms with Crippen molar-refractivity contribution in [3.8, 4) is 16.3 Å². The number of thioether (sulfide) groups is 1. The molecule has 0 fully saturated rings. The first-order valence-electron chi connectivity index (χ1n) is 9.27. The second-order valence-corrected chi connectivity index (χ2v) is 8.89. The van der Waals surface area contributed by atoms with E-state index in [9.17, 15) is 0 Å². The first-order valence-corrected chi connectivity index (χ1v) is 11.9. The Kier molecular flexibility index (Phi) is 6.94. The van der Waals surface area contributed by atoms with Gasteiger partial charge in [0, 0.05) is 23.2 Å². The Morgan fingerprint density at radius 2 is 1.80 bits per heavy atom. The summed E-state index contributed by atoms with van der Waals surface area (Å²) in [5, 5.41) is 13.7. The van der Waals surface area contributed by atoms with Crippen molar-refractivity contribution in [1.29, 1.82) is 0 Å². The van der Waals surface area contributed by atoms with Crippen LogP contribution in [0.4, 0.5) is 0 Å². The van der Waals surface area contributed by atoms with Crippen LogP contribution in [0.2, 0.25) is 10.0 Å². The van der Waals surface area contributed by atoms with E-state index in [0.717, 1.165) is 33.8 Å². The van der Waals surface area contributed by atoms with Crippen LogP contribution in [-0.4, -0.2) is 19.7 Å². The molecule has 0 unspecified atom stereocenters. The lowest BCUT2D eigenvalue weighted by Gasteiger charge is -2.09. The van der Waals surface area contributed by atoms with Gasteiger partial charge in [-0.3, -0.25) is 0 Å². The zero-order chi connectivity index (χ0) is 20.9. The van der Waals surface area contributed by atoms with Gasteiger partial charge in [0.05, 0.1) is 15.7 Å². The molecule has 4 rings (SSSR count). The molecule has 0 saturated heterocycles. The van der Waals surface area contributed by atoms with Crippen LogP contribution in [-0.2, 0) is 18.9 Å². The molecule has 5 nitrogen and oxygen atoms in total. The maximum Gasteiger partial charge on any atom is 0.191 e. The smallest absolute Gasteiger partial charge is 0.191 e. The quantitative estimate of drug-likeness (QED) is 0.268. The molecule has 30 heavy (non-hydrogen) atoms. The van der Waals surface area contributed by atoms with Crippen LogP contribution < -0.4 is 4.74 Å². The fourth-order valence-corrected chi connectivity index (χ4v) is 5.17. The van der Waals surface area contributed by atoms with E-state index in [0.29, 0.717) is 28.2 Å². The molecule has 2 heterocycles. The molecular formula is C21H18Cl2N4OS2. The largest absolute Gasteiger partial charge is 0.484 e. The molecule has 0 spiro atoms. The third-order valence-corrected chi connectivity index (χ3v) is 6.87. The number of benzene rings is 2. The summed E-state index contributed by atoms with van der Waals surface area (Å²) >= 11 is 15.6. The van der Waals surface area contributed by atoms with E-state index in [4.69, 9.17) is 32.9 Å². The third kappa shape index (κ3) is 4.81. The van der Waals surface area contributed by atoms with E-state index < -0.39 is 0 Å². The Balaban J connectivity index is 1.42. The van der Waals surface area contributed by atoms with E-state index in [1.165, 1.54) is 0 Å². The van der Waals surface area contributed by atoms with Crippen molar-refractivity contribution in [2.24, 2.45) is 0 Å². The van der Waals surface area contributed by atoms with E-state index in [-0.39, 0.29) is 0 Å². The molecular weight excluding hydrogens is 459 g/mol. The Morgan fingerprint density at radius 3 is 2.57 bits per heavy atom. The molecule has 0 saturated carbocycles. The minimum Gasteiger partial charge on any atom is -0.484 e. The van der Waals surface area contributed by atoms with Gasteiger partial charge in [0.15, 0.2) is 11.0 Å². The molecule has 2 aromatic carbocycles. The third-order valence-electron chi connectivity index (χ3n) is 4.31. The number of halogens is 2. The number of aromatic nitrogens is 4. The Labute approximate surface area is 193 Å². The average molecular weight is 477 g/mol. The summed E-state index contributed by atoms with van der Waals surface area (Å²) in [7, 11) is 0. The molecule has 0 atom stereocenters. The summed E-state index contributed by atoms with van der Waals surface area (Å²) in [5.74, 6) is 2.09. The van der Waals surface area contributed by atoms with E-state index >= 15 is 0 Å². The van der Waals surface area contributed by atoms with Crippen LogP contribution in [0.1, 0.15) is 18.4 Å². The van der Waals surface area contributed by atoms with Crippen molar-refractivity contribution in [3.63, 3.8) is 0 Å². The fraction of sp³-hybridized carbons (Fsp3) is 0.190. The molecule has 0 aliphatic rings. The number of thiazole rings is 1. The molecule has 0 N–H and O–H groups in total. The molecule has 154 valence electrons. The highest BCUT2D eigenvalue weighted by Crippen LogP contribution is 2.32. The highest BCUT2D eigenvalue weighted by Gasteiger charge is 2.14. The normalized spacial score (nSPS) is 11.0. The number of hydrogen-bond donors (Lipinski definition) is 0. The fourth-order valence-electron chi connectivity index (χ4n) is 2.82. The topological polar surface area (TPSA) is 52.8 Å². The minimum atomic E-state index is 0.304. The molecule has 0 radical (unpaired) electrons. The number of para-hydroxylation sites is 1. The van der Waals surface area contributed by atoms with E-state index in [1.54, 1.807) is 29.2 Å². The maximum absolute atomic E-state index is 6.29. The molecule has 0 aliphatic heterocycles. The van der Waals surface area contributed by atoms with Crippen LogP contribution in [0, 0.1) is 0 Å². The van der Waals surface area contributed by atoms with Gasteiger partial charge in [0.1, 0.15) is 17.4 Å². The Morgan fingerprint density at radius 1 is 1.03 bits per heavy atom. The van der Waals surface area contributed by atoms with E-state index in [1.807, 2.05) is 47.0 Å². The molecule has 0 amide bonds. The van der Waals surface area contributed by atoms with Gasteiger partial charge in [-0.1, -0.05) is 65.3 Å². The van der Waals surface area contributed by atoms with Crippen LogP contribution >= 0.6 is 46.3 Å². The van der Waals surface area contributed by atoms with Crippen molar-refractivity contribution in [3.05, 3.63) is 75.5 Å².